The van der Waals surface area contributed by atoms with E-state index in [-0.39, 0.29) is 10.7 Å². The van der Waals surface area contributed by atoms with Crippen molar-refractivity contribution in [3.8, 4) is 16.9 Å². The van der Waals surface area contributed by atoms with Gasteiger partial charge in [0.05, 0.1) is 16.3 Å². The van der Waals surface area contributed by atoms with E-state index in [0.29, 0.717) is 5.69 Å². The lowest BCUT2D eigenvalue weighted by Crippen LogP contribution is -2.00. The molecule has 1 heterocycles. The second-order valence-electron chi connectivity index (χ2n) is 5.10. The molecule has 0 saturated heterocycles. The van der Waals surface area contributed by atoms with Gasteiger partial charge in [-0.25, -0.2) is 0 Å². The fraction of sp³-hybridized carbons (Fsp3) is 0.0588. The van der Waals surface area contributed by atoms with E-state index in [0.717, 1.165) is 21.4 Å². The molecular weight excluding hydrogens is 380 g/mol. The molecule has 0 amide bonds. The molecule has 0 N–H and O–H groups in total. The normalized spacial score (nSPS) is 10.7. The molecule has 1 aromatic heterocycles. The van der Waals surface area contributed by atoms with E-state index in [1.165, 1.54) is 6.07 Å². The number of hydrogen-bond donors (Lipinski definition) is 0. The summed E-state index contributed by atoms with van der Waals surface area (Å²) in [5, 5.41) is 11.3. The van der Waals surface area contributed by atoms with Gasteiger partial charge in [-0.15, -0.1) is 0 Å². The number of nitrogens with zero attached hydrogens (tertiary/aromatic N) is 2. The number of nitro groups is 1. The van der Waals surface area contributed by atoms with Crippen LogP contribution in [0.4, 0.5) is 5.69 Å². The lowest BCUT2D eigenvalue weighted by atomic mass is 10.1. The molecule has 2 aromatic carbocycles. The van der Waals surface area contributed by atoms with Crippen molar-refractivity contribution in [3.05, 3.63) is 79.9 Å². The fourth-order valence-electron chi connectivity index (χ4n) is 2.51. The first-order chi connectivity index (χ1) is 11.0. The molecule has 23 heavy (non-hydrogen) atoms. The van der Waals surface area contributed by atoms with Crippen LogP contribution >= 0.6 is 27.5 Å². The van der Waals surface area contributed by atoms with Crippen LogP contribution in [0.3, 0.4) is 0 Å². The summed E-state index contributed by atoms with van der Waals surface area (Å²) < 4.78 is 2.98. The Morgan fingerprint density at radius 2 is 1.78 bits per heavy atom. The van der Waals surface area contributed by atoms with E-state index in [2.05, 4.69) is 15.9 Å². The smallest absolute Gasteiger partial charge is 0.289 e. The Bertz CT molecular complexity index is 888. The second-order valence-corrected chi connectivity index (χ2v) is 6.42. The SMILES string of the molecule is Cc1ccc(-c2ccc(Br)cc2)n1-c1ccc(Cl)c([N+](=O)[O-])c1. The first-order valence-corrected chi connectivity index (χ1v) is 8.03. The van der Waals surface area contributed by atoms with E-state index >= 15 is 0 Å². The van der Waals surface area contributed by atoms with E-state index in [1.807, 2.05) is 47.9 Å². The number of hydrogen-bond acceptors (Lipinski definition) is 2. The van der Waals surface area contributed by atoms with Crippen molar-refractivity contribution in [1.29, 1.82) is 0 Å². The summed E-state index contributed by atoms with van der Waals surface area (Å²) in [6, 6.07) is 16.7. The van der Waals surface area contributed by atoms with Gasteiger partial charge in [-0.1, -0.05) is 39.7 Å². The van der Waals surface area contributed by atoms with Crippen molar-refractivity contribution in [3.63, 3.8) is 0 Å². The minimum absolute atomic E-state index is 0.0981. The van der Waals surface area contributed by atoms with Crippen LogP contribution in [-0.4, -0.2) is 9.49 Å². The van der Waals surface area contributed by atoms with Gasteiger partial charge in [0, 0.05) is 16.2 Å². The predicted octanol–water partition coefficient (Wildman–Crippen LogP) is 5.78. The molecule has 0 fully saturated rings. The highest BCUT2D eigenvalue weighted by molar-refractivity contribution is 9.10. The van der Waals surface area contributed by atoms with Crippen molar-refractivity contribution in [2.75, 3.05) is 0 Å². The molecule has 0 aliphatic carbocycles. The molecule has 0 aliphatic rings. The van der Waals surface area contributed by atoms with Gasteiger partial charge in [0.15, 0.2) is 0 Å². The molecule has 0 bridgehead atoms. The minimum Gasteiger partial charge on any atom is -0.314 e. The van der Waals surface area contributed by atoms with Crippen LogP contribution in [0.25, 0.3) is 16.9 Å². The molecular formula is C17H12BrClN2O2. The Balaban J connectivity index is 2.18. The van der Waals surface area contributed by atoms with Crippen molar-refractivity contribution in [1.82, 2.24) is 4.57 Å². The molecule has 0 aliphatic heterocycles. The Morgan fingerprint density at radius 3 is 2.43 bits per heavy atom. The standard InChI is InChI=1S/C17H12BrClN2O2/c1-11-2-9-16(12-3-5-13(18)6-4-12)20(11)14-7-8-15(19)17(10-14)21(22)23/h2-10H,1H3. The minimum atomic E-state index is -0.468. The van der Waals surface area contributed by atoms with Crippen LogP contribution in [0.1, 0.15) is 5.69 Å². The lowest BCUT2D eigenvalue weighted by molar-refractivity contribution is -0.384. The highest BCUT2D eigenvalue weighted by atomic mass is 79.9. The van der Waals surface area contributed by atoms with Crippen LogP contribution in [-0.2, 0) is 0 Å². The predicted molar refractivity (Wildman–Crippen MR) is 95.3 cm³/mol. The monoisotopic (exact) mass is 390 g/mol. The van der Waals surface area contributed by atoms with Gasteiger partial charge in [-0.3, -0.25) is 10.1 Å². The summed E-state index contributed by atoms with van der Waals surface area (Å²) in [6.45, 7) is 1.96. The fourth-order valence-corrected chi connectivity index (χ4v) is 2.96. The van der Waals surface area contributed by atoms with Gasteiger partial charge in [-0.2, -0.15) is 0 Å². The Labute approximate surface area is 146 Å². The highest BCUT2D eigenvalue weighted by Crippen LogP contribution is 2.31. The van der Waals surface area contributed by atoms with Gasteiger partial charge < -0.3 is 4.57 Å². The molecule has 3 aromatic rings. The summed E-state index contributed by atoms with van der Waals surface area (Å²) in [4.78, 5) is 10.7. The van der Waals surface area contributed by atoms with Crippen LogP contribution in [0, 0.1) is 17.0 Å². The first-order valence-electron chi connectivity index (χ1n) is 6.86. The number of rotatable bonds is 3. The summed E-state index contributed by atoms with van der Waals surface area (Å²) in [5.41, 5.74) is 3.59. The van der Waals surface area contributed by atoms with Gasteiger partial charge in [-0.05, 0) is 48.9 Å². The lowest BCUT2D eigenvalue weighted by Gasteiger charge is -2.12. The van der Waals surface area contributed by atoms with Gasteiger partial charge in [0.1, 0.15) is 5.02 Å². The highest BCUT2D eigenvalue weighted by Gasteiger charge is 2.16. The molecule has 3 rings (SSSR count). The molecule has 116 valence electrons. The molecule has 0 atom stereocenters. The van der Waals surface area contributed by atoms with Crippen LogP contribution < -0.4 is 0 Å². The summed E-state index contributed by atoms with van der Waals surface area (Å²) in [5.74, 6) is 0. The zero-order chi connectivity index (χ0) is 16.6. The molecule has 6 heteroatoms. The Kier molecular flexibility index (Phi) is 4.24. The second kappa shape index (κ2) is 6.18. The zero-order valence-electron chi connectivity index (χ0n) is 12.2. The number of benzene rings is 2. The van der Waals surface area contributed by atoms with Crippen LogP contribution in [0.15, 0.2) is 59.1 Å². The number of aryl methyl sites for hydroxylation is 1. The maximum atomic E-state index is 11.1. The van der Waals surface area contributed by atoms with E-state index in [4.69, 9.17) is 11.6 Å². The maximum absolute atomic E-state index is 11.1. The molecule has 4 nitrogen and oxygen atoms in total. The third kappa shape index (κ3) is 3.02. The number of nitro benzene ring substituents is 1. The maximum Gasteiger partial charge on any atom is 0.289 e. The summed E-state index contributed by atoms with van der Waals surface area (Å²) >= 11 is 9.33. The van der Waals surface area contributed by atoms with E-state index in [9.17, 15) is 10.1 Å². The third-order valence-corrected chi connectivity index (χ3v) is 4.45. The van der Waals surface area contributed by atoms with Crippen molar-refractivity contribution in [2.24, 2.45) is 0 Å². The summed E-state index contributed by atoms with van der Waals surface area (Å²) in [7, 11) is 0. The molecule has 0 saturated carbocycles. The largest absolute Gasteiger partial charge is 0.314 e. The van der Waals surface area contributed by atoms with Gasteiger partial charge in [0.2, 0.25) is 0 Å². The average Bonchev–Trinajstić information content (AvgIpc) is 2.90. The topological polar surface area (TPSA) is 48.1 Å². The van der Waals surface area contributed by atoms with Crippen LogP contribution in [0.2, 0.25) is 5.02 Å². The van der Waals surface area contributed by atoms with Gasteiger partial charge >= 0.3 is 0 Å². The van der Waals surface area contributed by atoms with Crippen molar-refractivity contribution >= 4 is 33.2 Å². The van der Waals surface area contributed by atoms with E-state index < -0.39 is 4.92 Å². The number of aromatic nitrogens is 1. The average molecular weight is 392 g/mol. The Hall–Kier alpha value is -2.11. The quantitative estimate of drug-likeness (QED) is 0.420. The molecule has 0 spiro atoms. The third-order valence-electron chi connectivity index (χ3n) is 3.60. The molecule has 0 unspecified atom stereocenters. The number of halogens is 2. The summed E-state index contributed by atoms with van der Waals surface area (Å²) in [6.07, 6.45) is 0. The van der Waals surface area contributed by atoms with E-state index in [1.54, 1.807) is 12.1 Å². The Morgan fingerprint density at radius 1 is 1.09 bits per heavy atom. The zero-order valence-corrected chi connectivity index (χ0v) is 14.5. The van der Waals surface area contributed by atoms with Crippen LogP contribution in [0.5, 0.6) is 0 Å². The van der Waals surface area contributed by atoms with Crippen molar-refractivity contribution < 1.29 is 4.92 Å². The first kappa shape index (κ1) is 15.8. The molecule has 0 radical (unpaired) electrons. The van der Waals surface area contributed by atoms with Crippen molar-refractivity contribution in [2.45, 2.75) is 6.92 Å². The van der Waals surface area contributed by atoms with Gasteiger partial charge in [0.25, 0.3) is 5.69 Å².